The van der Waals surface area contributed by atoms with Crippen LogP contribution < -0.4 is 0 Å². The molecule has 0 saturated heterocycles. The van der Waals surface area contributed by atoms with Crippen molar-refractivity contribution in [3.63, 3.8) is 0 Å². The summed E-state index contributed by atoms with van der Waals surface area (Å²) in [6.45, 7) is 0. The van der Waals surface area contributed by atoms with Gasteiger partial charge < -0.3 is 9.63 Å². The summed E-state index contributed by atoms with van der Waals surface area (Å²) >= 11 is 0. The maximum Gasteiger partial charge on any atom is 0.310 e. The van der Waals surface area contributed by atoms with Gasteiger partial charge in [0, 0.05) is 18.8 Å². The standard InChI is InChI=1S/C14H16N4O3/c19-13(20)14(4-2-1-3-5-14)8-11-17-12(18-21-11)10-9-15-6-7-16-10/h6-7,9H,1-5,8H2,(H,19,20). The monoisotopic (exact) mass is 288 g/mol. The largest absolute Gasteiger partial charge is 0.481 e. The van der Waals surface area contributed by atoms with E-state index in [4.69, 9.17) is 4.52 Å². The molecule has 2 aromatic heterocycles. The highest BCUT2D eigenvalue weighted by Crippen LogP contribution is 2.39. The van der Waals surface area contributed by atoms with Gasteiger partial charge in [-0.15, -0.1) is 0 Å². The lowest BCUT2D eigenvalue weighted by Crippen LogP contribution is -2.35. The first-order valence-electron chi connectivity index (χ1n) is 7.02. The van der Waals surface area contributed by atoms with Crippen molar-refractivity contribution in [1.29, 1.82) is 0 Å². The molecule has 1 N–H and O–H groups in total. The Balaban J connectivity index is 1.81. The smallest absolute Gasteiger partial charge is 0.310 e. The zero-order valence-electron chi connectivity index (χ0n) is 11.5. The molecule has 0 aromatic carbocycles. The Kier molecular flexibility index (Phi) is 3.64. The number of aliphatic carboxylic acids is 1. The summed E-state index contributed by atoms with van der Waals surface area (Å²) in [6, 6.07) is 0. The van der Waals surface area contributed by atoms with Crippen LogP contribution in [-0.4, -0.2) is 31.2 Å². The number of hydrogen-bond donors (Lipinski definition) is 1. The zero-order valence-corrected chi connectivity index (χ0v) is 11.5. The molecule has 1 fully saturated rings. The number of carbonyl (C=O) groups is 1. The van der Waals surface area contributed by atoms with Crippen molar-refractivity contribution >= 4 is 5.97 Å². The molecule has 0 bridgehead atoms. The normalized spacial score (nSPS) is 17.5. The van der Waals surface area contributed by atoms with Crippen molar-refractivity contribution in [2.45, 2.75) is 38.5 Å². The lowest BCUT2D eigenvalue weighted by Gasteiger charge is -2.31. The van der Waals surface area contributed by atoms with E-state index >= 15 is 0 Å². The quantitative estimate of drug-likeness (QED) is 0.919. The van der Waals surface area contributed by atoms with Crippen LogP contribution in [0.25, 0.3) is 11.5 Å². The molecular weight excluding hydrogens is 272 g/mol. The molecule has 7 heteroatoms. The van der Waals surface area contributed by atoms with Gasteiger partial charge in [-0.05, 0) is 12.8 Å². The molecule has 1 aliphatic rings. The summed E-state index contributed by atoms with van der Waals surface area (Å²) in [5, 5.41) is 13.4. The van der Waals surface area contributed by atoms with Gasteiger partial charge in [-0.25, -0.2) is 4.98 Å². The fourth-order valence-corrected chi connectivity index (χ4v) is 2.83. The number of hydrogen-bond acceptors (Lipinski definition) is 6. The van der Waals surface area contributed by atoms with E-state index in [2.05, 4.69) is 20.1 Å². The first-order valence-corrected chi connectivity index (χ1v) is 7.02. The van der Waals surface area contributed by atoms with Gasteiger partial charge in [-0.2, -0.15) is 4.98 Å². The van der Waals surface area contributed by atoms with E-state index in [1.165, 1.54) is 0 Å². The zero-order chi connectivity index (χ0) is 14.7. The molecule has 7 nitrogen and oxygen atoms in total. The first kappa shape index (κ1) is 13.7. The van der Waals surface area contributed by atoms with Crippen LogP contribution in [0, 0.1) is 5.41 Å². The maximum absolute atomic E-state index is 11.6. The molecule has 0 spiro atoms. The van der Waals surface area contributed by atoms with Crippen LogP contribution in [0.3, 0.4) is 0 Å². The molecule has 2 heterocycles. The van der Waals surface area contributed by atoms with Gasteiger partial charge >= 0.3 is 5.97 Å². The van der Waals surface area contributed by atoms with Crippen LogP contribution in [-0.2, 0) is 11.2 Å². The highest BCUT2D eigenvalue weighted by Gasteiger charge is 2.41. The van der Waals surface area contributed by atoms with Crippen LogP contribution in [0.2, 0.25) is 0 Å². The topological polar surface area (TPSA) is 102 Å². The van der Waals surface area contributed by atoms with E-state index in [0.29, 0.717) is 30.3 Å². The van der Waals surface area contributed by atoms with Crippen LogP contribution in [0.5, 0.6) is 0 Å². The van der Waals surface area contributed by atoms with Crippen molar-refractivity contribution < 1.29 is 14.4 Å². The molecule has 0 aliphatic heterocycles. The van der Waals surface area contributed by atoms with E-state index in [9.17, 15) is 9.90 Å². The van der Waals surface area contributed by atoms with Crippen molar-refractivity contribution in [3.8, 4) is 11.5 Å². The Morgan fingerprint density at radius 2 is 2.10 bits per heavy atom. The summed E-state index contributed by atoms with van der Waals surface area (Å²) in [4.78, 5) is 24.0. The Bertz CT molecular complexity index is 620. The molecular formula is C14H16N4O3. The van der Waals surface area contributed by atoms with Crippen molar-refractivity contribution in [2.75, 3.05) is 0 Å². The second kappa shape index (κ2) is 5.59. The summed E-state index contributed by atoms with van der Waals surface area (Å²) in [5.74, 6) is -0.0872. The summed E-state index contributed by atoms with van der Waals surface area (Å²) < 4.78 is 5.20. The van der Waals surface area contributed by atoms with Gasteiger partial charge in [-0.3, -0.25) is 9.78 Å². The van der Waals surface area contributed by atoms with Gasteiger partial charge in [0.1, 0.15) is 5.69 Å². The SMILES string of the molecule is O=C(O)C1(Cc2nc(-c3cnccn3)no2)CCCCC1. The molecule has 3 rings (SSSR count). The molecule has 110 valence electrons. The molecule has 1 saturated carbocycles. The second-order valence-corrected chi connectivity index (χ2v) is 5.43. The fraction of sp³-hybridized carbons (Fsp3) is 0.500. The van der Waals surface area contributed by atoms with Gasteiger partial charge in [0.05, 0.1) is 11.6 Å². The predicted octanol–water partition coefficient (Wildman–Crippen LogP) is 2.10. The minimum atomic E-state index is -0.776. The third-order valence-electron chi connectivity index (χ3n) is 4.01. The number of aromatic nitrogens is 4. The van der Waals surface area contributed by atoms with Crippen molar-refractivity contribution in [1.82, 2.24) is 20.1 Å². The van der Waals surface area contributed by atoms with E-state index < -0.39 is 11.4 Å². The van der Waals surface area contributed by atoms with Gasteiger partial charge in [0.2, 0.25) is 11.7 Å². The minimum Gasteiger partial charge on any atom is -0.481 e. The van der Waals surface area contributed by atoms with Crippen LogP contribution in [0.15, 0.2) is 23.1 Å². The van der Waals surface area contributed by atoms with Gasteiger partial charge in [0.25, 0.3) is 0 Å². The van der Waals surface area contributed by atoms with Crippen molar-refractivity contribution in [2.24, 2.45) is 5.41 Å². The average molecular weight is 288 g/mol. The third kappa shape index (κ3) is 2.76. The van der Waals surface area contributed by atoms with E-state index in [0.717, 1.165) is 19.3 Å². The summed E-state index contributed by atoms with van der Waals surface area (Å²) in [5.41, 5.74) is -0.259. The molecule has 21 heavy (non-hydrogen) atoms. The summed E-state index contributed by atoms with van der Waals surface area (Å²) in [6.07, 6.45) is 9.18. The Morgan fingerprint density at radius 3 is 2.76 bits per heavy atom. The molecule has 2 aromatic rings. The number of carboxylic acid groups (broad SMARTS) is 1. The first-order chi connectivity index (χ1) is 10.2. The van der Waals surface area contributed by atoms with Crippen LogP contribution >= 0.6 is 0 Å². The fourth-order valence-electron chi connectivity index (χ4n) is 2.83. The number of rotatable bonds is 4. The highest BCUT2D eigenvalue weighted by molar-refractivity contribution is 5.75. The molecule has 0 radical (unpaired) electrons. The Morgan fingerprint density at radius 1 is 1.29 bits per heavy atom. The lowest BCUT2D eigenvalue weighted by atomic mass is 9.72. The second-order valence-electron chi connectivity index (χ2n) is 5.43. The number of nitrogens with zero attached hydrogens (tertiary/aromatic N) is 4. The molecule has 1 aliphatic carbocycles. The Hall–Kier alpha value is -2.31. The maximum atomic E-state index is 11.6. The van der Waals surface area contributed by atoms with Gasteiger partial charge in [0.15, 0.2) is 0 Å². The summed E-state index contributed by atoms with van der Waals surface area (Å²) in [7, 11) is 0. The van der Waals surface area contributed by atoms with Gasteiger partial charge in [-0.1, -0.05) is 24.4 Å². The number of carboxylic acids is 1. The highest BCUT2D eigenvalue weighted by atomic mass is 16.5. The van der Waals surface area contributed by atoms with Crippen LogP contribution in [0.4, 0.5) is 0 Å². The van der Waals surface area contributed by atoms with Crippen molar-refractivity contribution in [3.05, 3.63) is 24.5 Å². The molecule has 0 amide bonds. The van der Waals surface area contributed by atoms with E-state index in [-0.39, 0.29) is 6.42 Å². The molecule has 0 unspecified atom stereocenters. The minimum absolute atomic E-state index is 0.273. The van der Waals surface area contributed by atoms with E-state index in [1.54, 1.807) is 18.6 Å². The van der Waals surface area contributed by atoms with Crippen LogP contribution in [0.1, 0.15) is 38.0 Å². The average Bonchev–Trinajstić information content (AvgIpc) is 2.97. The Labute approximate surface area is 121 Å². The predicted molar refractivity (Wildman–Crippen MR) is 72.2 cm³/mol. The third-order valence-corrected chi connectivity index (χ3v) is 4.01. The van der Waals surface area contributed by atoms with E-state index in [1.807, 2.05) is 0 Å². The lowest BCUT2D eigenvalue weighted by molar-refractivity contribution is -0.151. The molecule has 0 atom stereocenters.